The maximum Gasteiger partial charge on any atom is 0.252 e. The number of para-hydroxylation sites is 1. The van der Waals surface area contributed by atoms with Crippen LogP contribution in [0.2, 0.25) is 0 Å². The number of rotatable bonds is 8. The third-order valence-electron chi connectivity index (χ3n) is 30.1. The van der Waals surface area contributed by atoms with Crippen LogP contribution in [0.5, 0.6) is 0 Å². The summed E-state index contributed by atoms with van der Waals surface area (Å²) in [6.45, 7) is 42.1. The van der Waals surface area contributed by atoms with Crippen molar-refractivity contribution >= 4 is 245 Å². The van der Waals surface area contributed by atoms with Gasteiger partial charge < -0.3 is 27.9 Å². The van der Waals surface area contributed by atoms with Crippen LogP contribution in [0.1, 0.15) is 158 Å². The zero-order valence-corrected chi connectivity index (χ0v) is 80.0. The largest absolute Gasteiger partial charge is 0.454 e. The summed E-state index contributed by atoms with van der Waals surface area (Å²) in [5, 5.41) is 9.79. The van der Waals surface area contributed by atoms with Gasteiger partial charge in [-0.15, -0.1) is 10.9 Å². The Bertz CT molecular complexity index is 7710. The molecule has 14 aromatic carbocycles. The molecule has 0 spiro atoms. The predicted octanol–water partition coefficient (Wildman–Crippen LogP) is 15.0. The second-order valence-electron chi connectivity index (χ2n) is 44.1. The first-order valence-electron chi connectivity index (χ1n) is 46.5. The quantitative estimate of drug-likeness (QED) is 0.142. The highest BCUT2D eigenvalue weighted by Crippen LogP contribution is 2.55. The molecule has 0 saturated carbocycles. The topological polar surface area (TPSA) is 34.4 Å². The second-order valence-corrected chi connectivity index (χ2v) is 44.1. The smallest absolute Gasteiger partial charge is 0.252 e. The Hall–Kier alpha value is -12.1. The standard InChI is InChI=1S/C113H112B9N5O/c1-107(2,3)65-33-42-82(74(53-65)61-27-21-19-22-28-61)125-87-58-71(123-83-43-34-66(108(4,5)6)54-75(83)76-55-67(109(7,8)9)35-44-84(76)123)38-40-80(87)122-81-41-39-72(124-85-45-36-68(110(10,11)12)56-77(85)78-57-69(111(13,14)15)37-46-86(78)124)59-88(81)127(113(64-29-23-20-24-30-64)48-47-70(60-113)112(16,17)18)90-51-63(50-89(125)103(90)122)62-49-79-73-31-25-26-32-92(73)128-106(79)91(52-62)126-104-93(95(114)97(116)99(118)101(104)120)94-96(115)98(117)100(119)102(121)105(94)126/h19-60H,114-121H2,1-18H3. The number of aromatic nitrogens is 3. The summed E-state index contributed by atoms with van der Waals surface area (Å²) in [7, 11) is 18.8. The fourth-order valence-electron chi connectivity index (χ4n) is 22.0. The molecule has 1 atom stereocenters. The van der Waals surface area contributed by atoms with Gasteiger partial charge >= 0.3 is 0 Å². The van der Waals surface area contributed by atoms with Crippen LogP contribution in [0.4, 0.5) is 28.4 Å². The number of hydrogen-bond donors (Lipinski definition) is 0. The molecule has 0 radical (unpaired) electrons. The van der Waals surface area contributed by atoms with Gasteiger partial charge in [-0.05, 0) is 243 Å². The lowest BCUT2D eigenvalue weighted by Crippen LogP contribution is -2.63. The number of allylic oxidation sites excluding steroid dienone is 2. The molecule has 0 saturated heterocycles. The Morgan fingerprint density at radius 1 is 0.312 bits per heavy atom. The minimum Gasteiger partial charge on any atom is -0.454 e. The van der Waals surface area contributed by atoms with E-state index in [1.54, 1.807) is 0 Å². The Labute approximate surface area is 763 Å². The molecular formula is C113H112B9N5O. The van der Waals surface area contributed by atoms with E-state index in [-0.39, 0.29) is 39.2 Å². The highest BCUT2D eigenvalue weighted by atomic mass is 16.3. The van der Waals surface area contributed by atoms with Crippen molar-refractivity contribution in [2.75, 3.05) is 9.80 Å². The average Bonchev–Trinajstić information content (AvgIpc) is 1.33. The Morgan fingerprint density at radius 3 is 1.22 bits per heavy atom. The highest BCUT2D eigenvalue weighted by molar-refractivity contribution is 7.00. The lowest BCUT2D eigenvalue weighted by molar-refractivity contribution is 0.514. The summed E-state index contributed by atoms with van der Waals surface area (Å²) in [6.07, 6.45) is 7.64. The van der Waals surface area contributed by atoms with Crippen molar-refractivity contribution < 1.29 is 4.42 Å². The molecule has 3 aliphatic rings. The van der Waals surface area contributed by atoms with E-state index in [9.17, 15) is 0 Å². The lowest BCUT2D eigenvalue weighted by atomic mass is 9.33. The van der Waals surface area contributed by atoms with E-state index in [4.69, 9.17) is 4.42 Å². The maximum absolute atomic E-state index is 7.55. The first-order chi connectivity index (χ1) is 60.6. The van der Waals surface area contributed by atoms with Gasteiger partial charge in [-0.1, -0.05) is 285 Å². The number of furan rings is 1. The number of anilines is 5. The van der Waals surface area contributed by atoms with Gasteiger partial charge in [-0.2, -0.15) is 0 Å². The van der Waals surface area contributed by atoms with Crippen LogP contribution >= 0.6 is 0 Å². The molecule has 2 aliphatic heterocycles. The molecule has 0 N–H and O–H groups in total. The minimum absolute atomic E-state index is 0.0827. The molecule has 0 fully saturated rings. The fourth-order valence-corrected chi connectivity index (χ4v) is 22.0. The number of nitrogens with zero attached hydrogens (tertiary/aromatic N) is 5. The van der Waals surface area contributed by atoms with Gasteiger partial charge in [0.25, 0.3) is 6.71 Å². The molecule has 0 amide bonds. The zero-order chi connectivity index (χ0) is 89.9. The molecule has 6 nitrogen and oxygen atoms in total. The van der Waals surface area contributed by atoms with Gasteiger partial charge in [0.2, 0.25) is 0 Å². The van der Waals surface area contributed by atoms with Gasteiger partial charge in [-0.25, -0.2) is 0 Å². The zero-order valence-electron chi connectivity index (χ0n) is 80.0. The van der Waals surface area contributed by atoms with Crippen molar-refractivity contribution in [3.63, 3.8) is 0 Å². The minimum atomic E-state index is -0.900. The highest BCUT2D eigenvalue weighted by Gasteiger charge is 2.51. The van der Waals surface area contributed by atoms with E-state index in [0.29, 0.717) is 0 Å². The number of benzene rings is 14. The molecule has 18 aromatic rings. The number of fused-ring (bicyclic) bond motifs is 16. The molecular weight excluding hydrogens is 1540 g/mol. The Balaban J connectivity index is 0.959. The molecule has 6 heterocycles. The number of hydrogen-bond acceptors (Lipinski definition) is 3. The molecule has 21 rings (SSSR count). The van der Waals surface area contributed by atoms with E-state index in [2.05, 4.69) is 466 Å². The van der Waals surface area contributed by atoms with Gasteiger partial charge in [0.15, 0.2) is 5.58 Å². The first kappa shape index (κ1) is 82.9. The third kappa shape index (κ3) is 12.5. The van der Waals surface area contributed by atoms with Crippen molar-refractivity contribution in [3.05, 3.63) is 294 Å². The van der Waals surface area contributed by atoms with Gasteiger partial charge in [0, 0.05) is 83.0 Å². The second kappa shape index (κ2) is 28.5. The Morgan fingerprint density at radius 2 is 0.734 bits per heavy atom. The van der Waals surface area contributed by atoms with Gasteiger partial charge in [0.1, 0.15) is 73.9 Å². The molecule has 4 aromatic heterocycles. The summed E-state index contributed by atoms with van der Waals surface area (Å²) in [4.78, 5) is 5.55. The maximum atomic E-state index is 7.55. The molecule has 1 unspecified atom stereocenters. The van der Waals surface area contributed by atoms with Crippen molar-refractivity contribution in [1.29, 1.82) is 0 Å². The van der Waals surface area contributed by atoms with Crippen molar-refractivity contribution in [2.45, 2.75) is 157 Å². The van der Waals surface area contributed by atoms with E-state index < -0.39 is 5.54 Å². The van der Waals surface area contributed by atoms with Gasteiger partial charge in [-0.3, -0.25) is 0 Å². The normalized spacial score (nSPS) is 15.0. The summed E-state index contributed by atoms with van der Waals surface area (Å²) in [5.74, 6) is 0. The first-order valence-corrected chi connectivity index (χ1v) is 46.5. The van der Waals surface area contributed by atoms with Crippen LogP contribution in [0, 0.1) is 5.41 Å². The molecule has 1 aliphatic carbocycles. The van der Waals surface area contributed by atoms with E-state index in [1.807, 2.05) is 0 Å². The molecule has 128 heavy (non-hydrogen) atoms. The average molecular weight is 1650 g/mol. The third-order valence-corrected chi connectivity index (χ3v) is 30.1. The van der Waals surface area contributed by atoms with E-state index >= 15 is 0 Å². The fraction of sp³-hybridized carbons (Fsp3) is 0.221. The summed E-state index contributed by atoms with van der Waals surface area (Å²) >= 11 is 0. The monoisotopic (exact) mass is 1650 g/mol. The van der Waals surface area contributed by atoms with Crippen molar-refractivity contribution in [1.82, 2.24) is 13.7 Å². The predicted molar refractivity (Wildman–Crippen MR) is 579 cm³/mol. The summed E-state index contributed by atoms with van der Waals surface area (Å²) in [6, 6.07) is 93.4. The molecule has 15 heteroatoms. The summed E-state index contributed by atoms with van der Waals surface area (Å²) in [5.41, 5.74) is 43.6. The van der Waals surface area contributed by atoms with Crippen LogP contribution in [-0.2, 0) is 32.6 Å². The van der Waals surface area contributed by atoms with Crippen molar-refractivity contribution in [3.8, 4) is 39.3 Å². The van der Waals surface area contributed by atoms with Gasteiger partial charge in [0.05, 0.1) is 33.4 Å². The Kier molecular flexibility index (Phi) is 18.4. The van der Waals surface area contributed by atoms with E-state index in [1.165, 1.54) is 164 Å². The van der Waals surface area contributed by atoms with Crippen LogP contribution in [0.25, 0.3) is 127 Å². The lowest BCUT2D eigenvalue weighted by Gasteiger charge is -2.50. The van der Waals surface area contributed by atoms with E-state index in [0.717, 1.165) is 89.7 Å². The van der Waals surface area contributed by atoms with Crippen LogP contribution in [0.15, 0.2) is 265 Å². The van der Waals surface area contributed by atoms with Crippen LogP contribution in [-0.4, -0.2) is 83.2 Å². The SMILES string of the molecule is Bc1c(B)c(B)c2c(c1B)c1c(B)c(B)c(B)c(B)c1n2-c1cc(-c2cc3c4c(c2)N(C2(c5ccccc5)C=CC(C(C)(C)C)=C2)c2cc(-n5c6ccc(C(C)(C)C)cc6c6cc(C(C)(C)C)ccc65)ccc2B4c2ccc(-n4c5ccc(C(C)(C)C)cc5c5cc(C(C)(C)C)ccc54)cc2N3c2ccc(C(C)(C)C)cc2-c2ccccc2)cc2c1oc1ccccc12. The van der Waals surface area contributed by atoms with Crippen LogP contribution in [0.3, 0.4) is 0 Å². The summed E-state index contributed by atoms with van der Waals surface area (Å²) < 4.78 is 15.4. The molecule has 622 valence electrons. The van der Waals surface area contributed by atoms with Crippen LogP contribution < -0.4 is 69.9 Å². The van der Waals surface area contributed by atoms with Crippen molar-refractivity contribution in [2.24, 2.45) is 5.41 Å². The molecule has 0 bridgehead atoms.